The summed E-state index contributed by atoms with van der Waals surface area (Å²) in [5, 5.41) is 20.9. The van der Waals surface area contributed by atoms with E-state index in [1.54, 1.807) is 0 Å². The van der Waals surface area contributed by atoms with Crippen molar-refractivity contribution in [2.75, 3.05) is 5.32 Å². The van der Waals surface area contributed by atoms with Gasteiger partial charge in [0.1, 0.15) is 11.6 Å². The second-order valence-corrected chi connectivity index (χ2v) is 4.97. The molecule has 108 valence electrons. The molecule has 2 aromatic carbocycles. The maximum Gasteiger partial charge on any atom is 0.335 e. The minimum atomic E-state index is -1.15. The number of rotatable bonds is 3. The van der Waals surface area contributed by atoms with E-state index in [0.717, 1.165) is 18.2 Å². The third-order valence-corrected chi connectivity index (χ3v) is 3.36. The highest BCUT2D eigenvalue weighted by molar-refractivity contribution is 9.10. The van der Waals surface area contributed by atoms with Gasteiger partial charge in [-0.3, -0.25) is 4.79 Å². The lowest BCUT2D eigenvalue weighted by molar-refractivity contribution is 0.0696. The maximum atomic E-state index is 13.1. The Hall–Kier alpha value is -2.41. The lowest BCUT2D eigenvalue weighted by Crippen LogP contribution is -2.13. The highest BCUT2D eigenvalue weighted by Gasteiger charge is 2.15. The van der Waals surface area contributed by atoms with Crippen LogP contribution in [0.15, 0.2) is 40.9 Å². The van der Waals surface area contributed by atoms with Gasteiger partial charge in [0.25, 0.3) is 5.91 Å². The van der Waals surface area contributed by atoms with Crippen molar-refractivity contribution in [1.29, 1.82) is 0 Å². The third kappa shape index (κ3) is 3.38. The number of benzene rings is 2. The molecule has 21 heavy (non-hydrogen) atoms. The van der Waals surface area contributed by atoms with Crippen molar-refractivity contribution in [3.05, 3.63) is 57.8 Å². The van der Waals surface area contributed by atoms with Gasteiger partial charge in [-0.1, -0.05) is 0 Å². The van der Waals surface area contributed by atoms with Gasteiger partial charge < -0.3 is 15.5 Å². The van der Waals surface area contributed by atoms with Crippen molar-refractivity contribution in [3.63, 3.8) is 0 Å². The van der Waals surface area contributed by atoms with Crippen molar-refractivity contribution < 1.29 is 24.2 Å². The average Bonchev–Trinajstić information content (AvgIpc) is 2.43. The minimum Gasteiger partial charge on any atom is -0.507 e. The molecular formula is C14H9BrFNO4. The maximum absolute atomic E-state index is 13.1. The molecule has 0 heterocycles. The largest absolute Gasteiger partial charge is 0.507 e. The second kappa shape index (κ2) is 5.92. The van der Waals surface area contributed by atoms with Crippen molar-refractivity contribution >= 4 is 33.5 Å². The molecule has 0 spiro atoms. The highest BCUT2D eigenvalue weighted by Crippen LogP contribution is 2.26. The molecule has 2 rings (SSSR count). The number of nitrogens with one attached hydrogen (secondary N) is 1. The zero-order valence-corrected chi connectivity index (χ0v) is 12.0. The summed E-state index contributed by atoms with van der Waals surface area (Å²) in [6, 6.07) is 7.05. The van der Waals surface area contributed by atoms with Gasteiger partial charge in [-0.05, 0) is 52.3 Å². The van der Waals surface area contributed by atoms with Gasteiger partial charge in [-0.2, -0.15) is 0 Å². The number of amides is 1. The van der Waals surface area contributed by atoms with E-state index >= 15 is 0 Å². The molecule has 7 heteroatoms. The summed E-state index contributed by atoms with van der Waals surface area (Å²) >= 11 is 3.17. The van der Waals surface area contributed by atoms with Gasteiger partial charge in [-0.15, -0.1) is 0 Å². The van der Waals surface area contributed by atoms with E-state index in [0.29, 0.717) is 4.47 Å². The van der Waals surface area contributed by atoms with E-state index in [2.05, 4.69) is 21.2 Å². The molecule has 0 saturated heterocycles. The van der Waals surface area contributed by atoms with Crippen LogP contribution in [-0.4, -0.2) is 22.1 Å². The molecule has 0 atom stereocenters. The SMILES string of the molecule is O=C(O)c1ccc(Br)c(NC(=O)c2cc(F)ccc2O)c1. The molecule has 0 unspecified atom stereocenters. The second-order valence-electron chi connectivity index (χ2n) is 4.12. The van der Waals surface area contributed by atoms with Gasteiger partial charge in [0, 0.05) is 4.47 Å². The normalized spacial score (nSPS) is 10.2. The fraction of sp³-hybridized carbons (Fsp3) is 0. The lowest BCUT2D eigenvalue weighted by atomic mass is 10.1. The van der Waals surface area contributed by atoms with E-state index in [9.17, 15) is 19.1 Å². The number of aromatic carboxylic acids is 1. The van der Waals surface area contributed by atoms with Crippen LogP contribution in [0.3, 0.4) is 0 Å². The molecule has 0 fully saturated rings. The number of anilines is 1. The van der Waals surface area contributed by atoms with Gasteiger partial charge >= 0.3 is 5.97 Å². The number of phenolic OH excluding ortho intramolecular Hbond substituents is 1. The van der Waals surface area contributed by atoms with E-state index < -0.39 is 17.7 Å². The summed E-state index contributed by atoms with van der Waals surface area (Å²) < 4.78 is 13.6. The summed E-state index contributed by atoms with van der Waals surface area (Å²) in [7, 11) is 0. The zero-order chi connectivity index (χ0) is 15.6. The molecule has 0 aliphatic rings. The van der Waals surface area contributed by atoms with Gasteiger partial charge in [0.05, 0.1) is 16.8 Å². The summed E-state index contributed by atoms with van der Waals surface area (Å²) in [5.41, 5.74) is -0.0665. The number of carboxylic acid groups (broad SMARTS) is 1. The molecule has 1 amide bonds. The summed E-state index contributed by atoms with van der Waals surface area (Å²) in [5.74, 6) is -2.95. The molecule has 5 nitrogen and oxygen atoms in total. The predicted molar refractivity (Wildman–Crippen MR) is 77.1 cm³/mol. The standard InChI is InChI=1S/C14H9BrFNO4/c15-10-3-1-7(14(20)21)5-11(10)17-13(19)9-6-8(16)2-4-12(9)18/h1-6,18H,(H,17,19)(H,20,21). The molecule has 0 bridgehead atoms. The predicted octanol–water partition coefficient (Wildman–Crippen LogP) is 3.24. The van der Waals surface area contributed by atoms with Gasteiger partial charge in [0.15, 0.2) is 0 Å². The van der Waals surface area contributed by atoms with Crippen molar-refractivity contribution in [1.82, 2.24) is 0 Å². The zero-order valence-electron chi connectivity index (χ0n) is 10.4. The highest BCUT2D eigenvalue weighted by atomic mass is 79.9. The topological polar surface area (TPSA) is 86.6 Å². The van der Waals surface area contributed by atoms with Crippen LogP contribution in [0.2, 0.25) is 0 Å². The van der Waals surface area contributed by atoms with E-state index in [1.165, 1.54) is 18.2 Å². The minimum absolute atomic E-state index is 0.0167. The number of carbonyl (C=O) groups is 2. The van der Waals surface area contributed by atoms with E-state index in [4.69, 9.17) is 5.11 Å². The van der Waals surface area contributed by atoms with Crippen LogP contribution in [-0.2, 0) is 0 Å². The Balaban J connectivity index is 2.33. The fourth-order valence-corrected chi connectivity index (χ4v) is 1.98. The first-order valence-electron chi connectivity index (χ1n) is 5.71. The Labute approximate surface area is 127 Å². The van der Waals surface area contributed by atoms with Crippen molar-refractivity contribution in [2.45, 2.75) is 0 Å². The van der Waals surface area contributed by atoms with Crippen LogP contribution < -0.4 is 5.32 Å². The van der Waals surface area contributed by atoms with Crippen LogP contribution in [0.4, 0.5) is 10.1 Å². The van der Waals surface area contributed by atoms with Crippen LogP contribution in [0.25, 0.3) is 0 Å². The third-order valence-electron chi connectivity index (χ3n) is 2.66. The fourth-order valence-electron chi connectivity index (χ4n) is 1.63. The Morgan fingerprint density at radius 3 is 2.52 bits per heavy atom. The Morgan fingerprint density at radius 1 is 1.14 bits per heavy atom. The number of hydrogen-bond donors (Lipinski definition) is 3. The number of carbonyl (C=O) groups excluding carboxylic acids is 1. The Bertz CT molecular complexity index is 733. The average molecular weight is 354 g/mol. The van der Waals surface area contributed by atoms with Crippen molar-refractivity contribution in [3.8, 4) is 5.75 Å². The number of phenols is 1. The Kier molecular flexibility index (Phi) is 4.23. The summed E-state index contributed by atoms with van der Waals surface area (Å²) in [4.78, 5) is 22.9. The van der Waals surface area contributed by atoms with Crippen molar-refractivity contribution in [2.24, 2.45) is 0 Å². The monoisotopic (exact) mass is 353 g/mol. The van der Waals surface area contributed by atoms with Gasteiger partial charge in [0.2, 0.25) is 0 Å². The number of hydrogen-bond acceptors (Lipinski definition) is 3. The van der Waals surface area contributed by atoms with E-state index in [1.807, 2.05) is 0 Å². The first-order valence-corrected chi connectivity index (χ1v) is 6.50. The van der Waals surface area contributed by atoms with E-state index in [-0.39, 0.29) is 22.6 Å². The summed E-state index contributed by atoms with van der Waals surface area (Å²) in [6.45, 7) is 0. The molecule has 0 aliphatic carbocycles. The van der Waals surface area contributed by atoms with Gasteiger partial charge in [-0.25, -0.2) is 9.18 Å². The first-order chi connectivity index (χ1) is 9.88. The molecule has 0 aliphatic heterocycles. The quantitative estimate of drug-likeness (QED) is 0.790. The molecule has 2 aromatic rings. The van der Waals surface area contributed by atoms with Crippen LogP contribution in [0, 0.1) is 5.82 Å². The Morgan fingerprint density at radius 2 is 1.86 bits per heavy atom. The van der Waals surface area contributed by atoms with Crippen LogP contribution in [0.1, 0.15) is 20.7 Å². The van der Waals surface area contributed by atoms with Crippen LogP contribution in [0.5, 0.6) is 5.75 Å². The molecule has 0 saturated carbocycles. The molecule has 0 radical (unpaired) electrons. The number of aromatic hydroxyl groups is 1. The molecule has 3 N–H and O–H groups in total. The smallest absolute Gasteiger partial charge is 0.335 e. The molecular weight excluding hydrogens is 345 g/mol. The number of halogens is 2. The molecule has 0 aromatic heterocycles. The summed E-state index contributed by atoms with van der Waals surface area (Å²) in [6.07, 6.45) is 0. The number of carboxylic acids is 1. The van der Waals surface area contributed by atoms with Crippen LogP contribution >= 0.6 is 15.9 Å². The first kappa shape index (κ1) is 15.0. The lowest BCUT2D eigenvalue weighted by Gasteiger charge is -2.09.